The molecule has 2 unspecified atom stereocenters. The van der Waals surface area contributed by atoms with E-state index in [2.05, 4.69) is 44.4 Å². The second-order valence-electron chi connectivity index (χ2n) is 8.90. The number of fused-ring (bicyclic) bond motifs is 2. The average molecular weight is 343 g/mol. The Balaban J connectivity index is 1.48. The van der Waals surface area contributed by atoms with Gasteiger partial charge in [-0.3, -0.25) is 4.79 Å². The van der Waals surface area contributed by atoms with Crippen LogP contribution >= 0.6 is 0 Å². The van der Waals surface area contributed by atoms with Crippen LogP contribution in [-0.2, 0) is 9.53 Å². The van der Waals surface area contributed by atoms with Crippen LogP contribution in [0.4, 0.5) is 0 Å². The summed E-state index contributed by atoms with van der Waals surface area (Å²) in [5.41, 5.74) is 1.31. The molecule has 2 aliphatic heterocycles. The van der Waals surface area contributed by atoms with Crippen molar-refractivity contribution in [2.75, 3.05) is 14.1 Å². The number of hydrogen-bond acceptors (Lipinski definition) is 2. The van der Waals surface area contributed by atoms with Crippen molar-refractivity contribution in [3.8, 4) is 0 Å². The monoisotopic (exact) mass is 342 g/mol. The summed E-state index contributed by atoms with van der Waals surface area (Å²) in [7, 11) is 4.66. The van der Waals surface area contributed by atoms with Crippen molar-refractivity contribution in [1.82, 2.24) is 0 Å². The molecule has 1 aromatic rings. The lowest BCUT2D eigenvalue weighted by atomic mass is 9.75. The summed E-state index contributed by atoms with van der Waals surface area (Å²) >= 11 is 0. The SMILES string of the molecule is C[N+]1(C)[C@H]2CCC[C@@H]1[C@@H](OC(=O)C1CCCCC1c1ccccc1)C2. The van der Waals surface area contributed by atoms with Crippen LogP contribution in [-0.4, -0.2) is 42.7 Å². The van der Waals surface area contributed by atoms with Crippen molar-refractivity contribution in [2.24, 2.45) is 5.92 Å². The van der Waals surface area contributed by atoms with Gasteiger partial charge in [-0.2, -0.15) is 0 Å². The summed E-state index contributed by atoms with van der Waals surface area (Å²) < 4.78 is 7.24. The molecular formula is C22H32NO2+. The van der Waals surface area contributed by atoms with Gasteiger partial charge in [-0.05, 0) is 37.2 Å². The van der Waals surface area contributed by atoms with Gasteiger partial charge in [-0.15, -0.1) is 0 Å². The zero-order valence-electron chi connectivity index (χ0n) is 15.7. The molecule has 0 spiro atoms. The van der Waals surface area contributed by atoms with Gasteiger partial charge in [0.25, 0.3) is 0 Å². The summed E-state index contributed by atoms with van der Waals surface area (Å²) in [6.45, 7) is 0. The van der Waals surface area contributed by atoms with Crippen LogP contribution in [0.3, 0.4) is 0 Å². The molecule has 25 heavy (non-hydrogen) atoms. The fourth-order valence-electron chi connectivity index (χ4n) is 5.80. The second-order valence-corrected chi connectivity index (χ2v) is 8.90. The predicted molar refractivity (Wildman–Crippen MR) is 99.2 cm³/mol. The van der Waals surface area contributed by atoms with Crippen LogP contribution in [0, 0.1) is 5.92 Å². The van der Waals surface area contributed by atoms with E-state index < -0.39 is 0 Å². The number of quaternary nitrogens is 1. The normalized spacial score (nSPS) is 36.8. The number of benzene rings is 1. The number of nitrogens with zero attached hydrogens (tertiary/aromatic N) is 1. The molecule has 2 bridgehead atoms. The zero-order valence-corrected chi connectivity index (χ0v) is 15.7. The quantitative estimate of drug-likeness (QED) is 0.605. The number of ether oxygens (including phenoxy) is 1. The number of carbonyl (C=O) groups is 1. The molecule has 3 nitrogen and oxygen atoms in total. The van der Waals surface area contributed by atoms with Crippen LogP contribution in [0.5, 0.6) is 0 Å². The van der Waals surface area contributed by atoms with Gasteiger partial charge in [0, 0.05) is 12.8 Å². The van der Waals surface area contributed by atoms with E-state index in [1.807, 2.05) is 0 Å². The lowest BCUT2D eigenvalue weighted by Gasteiger charge is -2.41. The van der Waals surface area contributed by atoms with E-state index >= 15 is 0 Å². The third kappa shape index (κ3) is 3.12. The van der Waals surface area contributed by atoms with Crippen LogP contribution in [0.25, 0.3) is 0 Å². The van der Waals surface area contributed by atoms with Gasteiger partial charge in [0.1, 0.15) is 6.04 Å². The molecular weight excluding hydrogens is 310 g/mol. The number of esters is 1. The molecule has 0 N–H and O–H groups in total. The van der Waals surface area contributed by atoms with Crippen molar-refractivity contribution in [3.05, 3.63) is 35.9 Å². The third-order valence-electron chi connectivity index (χ3n) is 7.33. The molecule has 1 aliphatic carbocycles. The van der Waals surface area contributed by atoms with Crippen molar-refractivity contribution in [2.45, 2.75) is 75.5 Å². The maximum Gasteiger partial charge on any atom is 0.310 e. The number of rotatable bonds is 3. The number of piperidine rings is 1. The Hall–Kier alpha value is -1.35. The first-order chi connectivity index (χ1) is 12.1. The van der Waals surface area contributed by atoms with Crippen molar-refractivity contribution in [3.63, 3.8) is 0 Å². The van der Waals surface area contributed by atoms with E-state index in [1.165, 1.54) is 31.2 Å². The molecule has 4 rings (SSSR count). The number of hydrogen-bond donors (Lipinski definition) is 0. The summed E-state index contributed by atoms with van der Waals surface area (Å²) in [5, 5.41) is 0. The summed E-state index contributed by atoms with van der Waals surface area (Å²) in [4.78, 5) is 13.1. The van der Waals surface area contributed by atoms with Crippen molar-refractivity contribution >= 4 is 5.97 Å². The minimum atomic E-state index is 0.0483. The Bertz CT molecular complexity index is 612. The Labute approximate surface area is 151 Å². The average Bonchev–Trinajstić information content (AvgIpc) is 2.78. The molecule has 0 radical (unpaired) electrons. The molecule has 2 saturated heterocycles. The Morgan fingerprint density at radius 2 is 1.76 bits per heavy atom. The highest BCUT2D eigenvalue weighted by molar-refractivity contribution is 5.74. The van der Waals surface area contributed by atoms with Gasteiger partial charge in [0.15, 0.2) is 6.10 Å². The molecule has 5 atom stereocenters. The number of likely N-dealkylation sites (N-methyl/N-ethyl adjacent to an activating group) is 1. The molecule has 1 aromatic carbocycles. The highest BCUT2D eigenvalue weighted by Gasteiger charge is 2.54. The minimum absolute atomic E-state index is 0.0483. The fourth-order valence-corrected chi connectivity index (χ4v) is 5.80. The maximum absolute atomic E-state index is 13.1. The van der Waals surface area contributed by atoms with E-state index in [0.717, 1.165) is 30.2 Å². The zero-order chi connectivity index (χ0) is 17.4. The van der Waals surface area contributed by atoms with Crippen molar-refractivity contribution < 1.29 is 14.0 Å². The molecule has 3 heteroatoms. The minimum Gasteiger partial charge on any atom is -0.456 e. The molecule has 3 aliphatic rings. The first-order valence-electron chi connectivity index (χ1n) is 10.2. The molecule has 0 amide bonds. The summed E-state index contributed by atoms with van der Waals surface area (Å²) in [5.74, 6) is 0.462. The van der Waals surface area contributed by atoms with Gasteiger partial charge in [0.2, 0.25) is 0 Å². The predicted octanol–water partition coefficient (Wildman–Crippen LogP) is 4.27. The number of carbonyl (C=O) groups excluding carboxylic acids is 1. The van der Waals surface area contributed by atoms with Gasteiger partial charge in [0.05, 0.1) is 26.1 Å². The van der Waals surface area contributed by atoms with Crippen LogP contribution in [0.15, 0.2) is 30.3 Å². The lowest BCUT2D eigenvalue weighted by Crippen LogP contribution is -2.54. The highest BCUT2D eigenvalue weighted by Crippen LogP contribution is 2.43. The Morgan fingerprint density at radius 1 is 1.00 bits per heavy atom. The fraction of sp³-hybridized carbons (Fsp3) is 0.682. The Kier molecular flexibility index (Phi) is 4.61. The van der Waals surface area contributed by atoms with E-state index in [1.54, 1.807) is 0 Å². The molecule has 1 saturated carbocycles. The van der Waals surface area contributed by atoms with Gasteiger partial charge < -0.3 is 9.22 Å². The van der Waals surface area contributed by atoms with E-state index in [4.69, 9.17) is 4.74 Å². The molecule has 0 aromatic heterocycles. The maximum atomic E-state index is 13.1. The smallest absolute Gasteiger partial charge is 0.310 e. The van der Waals surface area contributed by atoms with Gasteiger partial charge in [-0.1, -0.05) is 43.2 Å². The van der Waals surface area contributed by atoms with Crippen LogP contribution in [0.1, 0.15) is 62.8 Å². The van der Waals surface area contributed by atoms with Gasteiger partial charge >= 0.3 is 5.97 Å². The molecule has 3 fully saturated rings. The topological polar surface area (TPSA) is 26.3 Å². The lowest BCUT2D eigenvalue weighted by molar-refractivity contribution is -0.931. The summed E-state index contributed by atoms with van der Waals surface area (Å²) in [6.07, 6.45) is 9.45. The molecule has 136 valence electrons. The first kappa shape index (κ1) is 17.1. The summed E-state index contributed by atoms with van der Waals surface area (Å²) in [6, 6.07) is 11.8. The first-order valence-corrected chi connectivity index (χ1v) is 10.2. The van der Waals surface area contributed by atoms with Gasteiger partial charge in [-0.25, -0.2) is 0 Å². The molecule has 2 heterocycles. The van der Waals surface area contributed by atoms with Crippen LogP contribution in [0.2, 0.25) is 0 Å². The van der Waals surface area contributed by atoms with E-state index in [-0.39, 0.29) is 18.0 Å². The highest BCUT2D eigenvalue weighted by atomic mass is 16.5. The standard InChI is InChI=1S/C22H32NO2/c1-23(2)17-11-8-14-20(23)21(15-17)25-22(24)19-13-7-6-12-18(19)16-9-4-3-5-10-16/h3-5,9-10,17-21H,6-8,11-15H2,1-2H3/q+1/t17-,18?,19?,20+,21-/m0/s1. The second kappa shape index (κ2) is 6.75. The third-order valence-corrected chi connectivity index (χ3v) is 7.33. The Morgan fingerprint density at radius 3 is 2.52 bits per heavy atom. The van der Waals surface area contributed by atoms with Crippen molar-refractivity contribution in [1.29, 1.82) is 0 Å². The van der Waals surface area contributed by atoms with E-state index in [0.29, 0.717) is 18.0 Å². The van der Waals surface area contributed by atoms with E-state index in [9.17, 15) is 4.79 Å². The largest absolute Gasteiger partial charge is 0.456 e. The van der Waals surface area contributed by atoms with Crippen LogP contribution < -0.4 is 0 Å².